The van der Waals surface area contributed by atoms with Crippen LogP contribution in [-0.2, 0) is 11.3 Å². The Morgan fingerprint density at radius 2 is 2.03 bits per heavy atom. The third kappa shape index (κ3) is 4.53. The second-order valence-electron chi connectivity index (χ2n) is 5.94. The molecule has 0 unspecified atom stereocenters. The normalized spacial score (nSPS) is 15.2. The molecule has 0 bridgehead atoms. The van der Waals surface area contributed by atoms with Gasteiger partial charge in [0.2, 0.25) is 0 Å². The summed E-state index contributed by atoms with van der Waals surface area (Å²) in [6.07, 6.45) is 1.54. The van der Waals surface area contributed by atoms with Gasteiger partial charge in [-0.15, -0.1) is 0 Å². The number of amides is 2. The van der Waals surface area contributed by atoms with Crippen LogP contribution in [0.15, 0.2) is 41.3 Å². The van der Waals surface area contributed by atoms with Gasteiger partial charge in [0.25, 0.3) is 16.8 Å². The van der Waals surface area contributed by atoms with Crippen molar-refractivity contribution in [1.29, 1.82) is 0 Å². The van der Waals surface area contributed by atoms with Gasteiger partial charge in [0, 0.05) is 11.6 Å². The number of thioether (sulfide) groups is 1. The summed E-state index contributed by atoms with van der Waals surface area (Å²) in [6, 6.07) is 9.23. The van der Waals surface area contributed by atoms with E-state index in [9.17, 15) is 24.8 Å². The molecule has 8 nitrogen and oxygen atoms in total. The molecule has 1 aliphatic heterocycles. The summed E-state index contributed by atoms with van der Waals surface area (Å²) in [5.74, 6) is -0.238. The standard InChI is InChI=1S/C19H15IN2O6S/c1-2-28-15-8-11(7-13(20)17(15)23)9-16-18(24)21(19(25)29-16)10-12-5-3-4-6-14(12)22(26)27/h3-9,23H,2,10H2,1H3. The first kappa shape index (κ1) is 21.1. The minimum Gasteiger partial charge on any atom is -0.504 e. The highest BCUT2D eigenvalue weighted by Gasteiger charge is 2.36. The lowest BCUT2D eigenvalue weighted by Gasteiger charge is -2.12. The smallest absolute Gasteiger partial charge is 0.293 e. The second kappa shape index (κ2) is 8.82. The van der Waals surface area contributed by atoms with Crippen molar-refractivity contribution in [3.8, 4) is 11.5 Å². The molecule has 0 radical (unpaired) electrons. The molecule has 1 fully saturated rings. The number of para-hydroxylation sites is 1. The fourth-order valence-corrected chi connectivity index (χ4v) is 4.19. The maximum atomic E-state index is 12.7. The van der Waals surface area contributed by atoms with Gasteiger partial charge in [-0.2, -0.15) is 0 Å². The first-order chi connectivity index (χ1) is 13.8. The first-order valence-corrected chi connectivity index (χ1v) is 10.3. The number of nitro benzene ring substituents is 1. The van der Waals surface area contributed by atoms with Crippen molar-refractivity contribution in [3.05, 3.63) is 66.1 Å². The Kier molecular flexibility index (Phi) is 6.42. The maximum absolute atomic E-state index is 12.7. The van der Waals surface area contributed by atoms with Gasteiger partial charge in [0.05, 0.1) is 26.6 Å². The number of phenols is 1. The van der Waals surface area contributed by atoms with Crippen LogP contribution in [0.4, 0.5) is 10.5 Å². The molecule has 1 N–H and O–H groups in total. The molecule has 2 aromatic rings. The number of ether oxygens (including phenoxy) is 1. The third-order valence-corrected chi connectivity index (χ3v) is 5.77. The van der Waals surface area contributed by atoms with Gasteiger partial charge in [-0.1, -0.05) is 18.2 Å². The van der Waals surface area contributed by atoms with Gasteiger partial charge < -0.3 is 9.84 Å². The molecule has 1 saturated heterocycles. The van der Waals surface area contributed by atoms with Crippen molar-refractivity contribution in [2.45, 2.75) is 13.5 Å². The predicted molar refractivity (Wildman–Crippen MR) is 117 cm³/mol. The van der Waals surface area contributed by atoms with Crippen LogP contribution in [0.3, 0.4) is 0 Å². The highest BCUT2D eigenvalue weighted by Crippen LogP contribution is 2.37. The van der Waals surface area contributed by atoms with E-state index in [0.717, 1.165) is 16.7 Å². The van der Waals surface area contributed by atoms with Crippen LogP contribution in [-0.4, -0.2) is 32.7 Å². The summed E-state index contributed by atoms with van der Waals surface area (Å²) in [4.78, 5) is 36.9. The van der Waals surface area contributed by atoms with Crippen LogP contribution >= 0.6 is 34.4 Å². The lowest BCUT2D eigenvalue weighted by atomic mass is 10.1. The second-order valence-corrected chi connectivity index (χ2v) is 8.09. The van der Waals surface area contributed by atoms with Crippen LogP contribution in [0.2, 0.25) is 0 Å². The quantitative estimate of drug-likeness (QED) is 0.255. The molecule has 29 heavy (non-hydrogen) atoms. The number of nitro groups is 1. The molecular formula is C19H15IN2O6S. The Hall–Kier alpha value is -2.60. The van der Waals surface area contributed by atoms with E-state index < -0.39 is 16.1 Å². The van der Waals surface area contributed by atoms with Crippen LogP contribution in [0.5, 0.6) is 11.5 Å². The Morgan fingerprint density at radius 1 is 1.31 bits per heavy atom. The van der Waals surface area contributed by atoms with Gasteiger partial charge in [-0.3, -0.25) is 24.6 Å². The average Bonchev–Trinajstić information content (AvgIpc) is 2.93. The van der Waals surface area contributed by atoms with Gasteiger partial charge in [-0.25, -0.2) is 0 Å². The van der Waals surface area contributed by atoms with Crippen LogP contribution < -0.4 is 4.74 Å². The van der Waals surface area contributed by atoms with Crippen LogP contribution in [0, 0.1) is 13.7 Å². The van der Waals surface area contributed by atoms with Gasteiger partial charge >= 0.3 is 0 Å². The zero-order valence-corrected chi connectivity index (χ0v) is 18.1. The Morgan fingerprint density at radius 3 is 2.72 bits per heavy atom. The van der Waals surface area contributed by atoms with Crippen LogP contribution in [0.1, 0.15) is 18.1 Å². The Balaban J connectivity index is 1.89. The summed E-state index contributed by atoms with van der Waals surface area (Å²) < 4.78 is 5.93. The largest absolute Gasteiger partial charge is 0.504 e. The number of aromatic hydroxyl groups is 1. The topological polar surface area (TPSA) is 110 Å². The zero-order chi connectivity index (χ0) is 21.1. The molecule has 2 aromatic carbocycles. The minimum atomic E-state index is -0.544. The van der Waals surface area contributed by atoms with E-state index in [-0.39, 0.29) is 34.2 Å². The molecular weight excluding hydrogens is 511 g/mol. The number of nitrogens with zero attached hydrogens (tertiary/aromatic N) is 2. The summed E-state index contributed by atoms with van der Waals surface area (Å²) in [7, 11) is 0. The number of hydrogen-bond donors (Lipinski definition) is 1. The Bertz CT molecular complexity index is 1040. The summed E-state index contributed by atoms with van der Waals surface area (Å²) in [6.45, 7) is 1.96. The number of benzene rings is 2. The van der Waals surface area contributed by atoms with Crippen molar-refractivity contribution < 1.29 is 24.4 Å². The SMILES string of the molecule is CCOc1cc(C=C2SC(=O)N(Cc3ccccc3[N+](=O)[O-])C2=O)cc(I)c1O. The lowest BCUT2D eigenvalue weighted by Crippen LogP contribution is -2.27. The molecule has 10 heteroatoms. The molecule has 1 aliphatic rings. The number of rotatable bonds is 6. The Labute approximate surface area is 183 Å². The number of phenolic OH excluding ortho intramolecular Hbond substituents is 1. The van der Waals surface area contributed by atoms with E-state index in [4.69, 9.17) is 4.74 Å². The van der Waals surface area contributed by atoms with E-state index >= 15 is 0 Å². The van der Waals surface area contributed by atoms with Crippen molar-refractivity contribution in [1.82, 2.24) is 4.90 Å². The molecule has 0 spiro atoms. The molecule has 0 aromatic heterocycles. The zero-order valence-electron chi connectivity index (χ0n) is 15.1. The fraction of sp³-hybridized carbons (Fsp3) is 0.158. The molecule has 0 saturated carbocycles. The van der Waals surface area contributed by atoms with Crippen molar-refractivity contribution in [3.63, 3.8) is 0 Å². The molecule has 2 amide bonds. The van der Waals surface area contributed by atoms with E-state index in [1.165, 1.54) is 24.3 Å². The minimum absolute atomic E-state index is 0.00842. The first-order valence-electron chi connectivity index (χ1n) is 8.44. The van der Waals surface area contributed by atoms with Crippen molar-refractivity contribution >= 4 is 57.3 Å². The predicted octanol–water partition coefficient (Wildman–Crippen LogP) is 4.54. The van der Waals surface area contributed by atoms with E-state index in [2.05, 4.69) is 0 Å². The van der Waals surface area contributed by atoms with Gasteiger partial charge in [0.15, 0.2) is 11.5 Å². The molecule has 150 valence electrons. The highest BCUT2D eigenvalue weighted by molar-refractivity contribution is 14.1. The van der Waals surface area contributed by atoms with Gasteiger partial charge in [0.1, 0.15) is 0 Å². The van der Waals surface area contributed by atoms with Gasteiger partial charge in [-0.05, 0) is 65.0 Å². The monoisotopic (exact) mass is 526 g/mol. The number of halogens is 1. The highest BCUT2D eigenvalue weighted by atomic mass is 127. The number of imide groups is 1. The molecule has 0 atom stereocenters. The number of hydrogen-bond acceptors (Lipinski definition) is 7. The lowest BCUT2D eigenvalue weighted by molar-refractivity contribution is -0.385. The number of carbonyl (C=O) groups excluding carboxylic acids is 2. The van der Waals surface area contributed by atoms with Crippen LogP contribution in [0.25, 0.3) is 6.08 Å². The summed E-state index contributed by atoms with van der Waals surface area (Å²) >= 11 is 2.71. The van der Waals surface area contributed by atoms with E-state index in [1.807, 2.05) is 22.6 Å². The summed E-state index contributed by atoms with van der Waals surface area (Å²) in [5, 5.41) is 20.7. The van der Waals surface area contributed by atoms with Crippen molar-refractivity contribution in [2.75, 3.05) is 6.61 Å². The average molecular weight is 526 g/mol. The molecule has 0 aliphatic carbocycles. The fourth-order valence-electron chi connectivity index (χ4n) is 2.72. The third-order valence-electron chi connectivity index (χ3n) is 4.04. The number of carbonyl (C=O) groups is 2. The van der Waals surface area contributed by atoms with E-state index in [1.54, 1.807) is 25.1 Å². The van der Waals surface area contributed by atoms with E-state index in [0.29, 0.717) is 15.7 Å². The van der Waals surface area contributed by atoms with Crippen molar-refractivity contribution in [2.24, 2.45) is 0 Å². The molecule has 1 heterocycles. The maximum Gasteiger partial charge on any atom is 0.293 e. The summed E-state index contributed by atoms with van der Waals surface area (Å²) in [5.41, 5.74) is 0.718. The molecule has 3 rings (SSSR count).